The van der Waals surface area contributed by atoms with E-state index in [-0.39, 0.29) is 22.2 Å². The second kappa shape index (κ2) is 10.4. The van der Waals surface area contributed by atoms with Gasteiger partial charge in [0.1, 0.15) is 23.3 Å². The molecule has 1 aliphatic heterocycles. The smallest absolute Gasteiger partial charge is 0.387 e. The number of fused-ring (bicyclic) bond motifs is 3. The summed E-state index contributed by atoms with van der Waals surface area (Å²) in [6.07, 6.45) is 2.89. The predicted octanol–water partition coefficient (Wildman–Crippen LogP) is 8.03. The Balaban J connectivity index is 1.52. The van der Waals surface area contributed by atoms with E-state index in [9.17, 15) is 13.9 Å². The number of nitrogens with zero attached hydrogens (tertiary/aromatic N) is 4. The fourth-order valence-electron chi connectivity index (χ4n) is 5.19. The zero-order chi connectivity index (χ0) is 29.9. The van der Waals surface area contributed by atoms with Gasteiger partial charge in [0.25, 0.3) is 0 Å². The van der Waals surface area contributed by atoms with Gasteiger partial charge in [0.05, 0.1) is 17.1 Å². The van der Waals surface area contributed by atoms with Gasteiger partial charge in [-0.25, -0.2) is 15.0 Å². The monoisotopic (exact) mass is 600 g/mol. The molecule has 3 heterocycles. The normalized spacial score (nSPS) is 17.9. The molecule has 2 aromatic heterocycles. The summed E-state index contributed by atoms with van der Waals surface area (Å²) >= 11 is 6.50. The highest BCUT2D eigenvalue weighted by atomic mass is 35.5. The Morgan fingerprint density at radius 3 is 2.37 bits per heavy atom. The fourth-order valence-corrected chi connectivity index (χ4v) is 7.15. The van der Waals surface area contributed by atoms with E-state index in [4.69, 9.17) is 20.8 Å². The Labute approximate surface area is 244 Å². The average Bonchev–Trinajstić information content (AvgIpc) is 3.39. The lowest BCUT2D eigenvalue weighted by Gasteiger charge is -2.42. The van der Waals surface area contributed by atoms with E-state index in [1.165, 1.54) is 6.07 Å². The zero-order valence-electron chi connectivity index (χ0n) is 24.2. The van der Waals surface area contributed by atoms with Crippen LogP contribution in [-0.4, -0.2) is 39.6 Å². The van der Waals surface area contributed by atoms with Crippen LogP contribution in [0, 0.1) is 0 Å². The number of rotatable bonds is 7. The molecule has 0 fully saturated rings. The maximum absolute atomic E-state index is 13.2. The molecule has 7 nitrogen and oxygen atoms in total. The van der Waals surface area contributed by atoms with Gasteiger partial charge in [-0.05, 0) is 61.8 Å². The molecule has 1 N–H and O–H groups in total. The molecular formula is C30H35ClF2N4O3Si. The van der Waals surface area contributed by atoms with Crippen molar-refractivity contribution in [2.24, 2.45) is 0 Å². The lowest BCUT2D eigenvalue weighted by Crippen LogP contribution is -2.46. The van der Waals surface area contributed by atoms with E-state index in [0.29, 0.717) is 22.7 Å². The maximum atomic E-state index is 13.2. The van der Waals surface area contributed by atoms with Crippen molar-refractivity contribution in [3.8, 4) is 16.9 Å². The molecule has 0 spiro atoms. The molecule has 0 unspecified atom stereocenters. The molecule has 5 rings (SSSR count). The molecule has 1 aliphatic rings. The molecule has 0 amide bonds. The van der Waals surface area contributed by atoms with E-state index in [2.05, 4.69) is 48.8 Å². The van der Waals surface area contributed by atoms with E-state index in [1.54, 1.807) is 24.5 Å². The molecular weight excluding hydrogens is 566 g/mol. The van der Waals surface area contributed by atoms with Gasteiger partial charge < -0.3 is 18.8 Å². The van der Waals surface area contributed by atoms with Gasteiger partial charge in [-0.15, -0.1) is 0 Å². The number of imidazole rings is 1. The van der Waals surface area contributed by atoms with Crippen molar-refractivity contribution in [2.75, 3.05) is 0 Å². The van der Waals surface area contributed by atoms with Crippen LogP contribution < -0.4 is 4.74 Å². The Morgan fingerprint density at radius 2 is 1.73 bits per heavy atom. The Morgan fingerprint density at radius 1 is 1.05 bits per heavy atom. The van der Waals surface area contributed by atoms with Crippen molar-refractivity contribution in [1.82, 2.24) is 19.5 Å². The summed E-state index contributed by atoms with van der Waals surface area (Å²) < 4.78 is 39.7. The molecule has 4 aromatic rings. The highest BCUT2D eigenvalue weighted by Gasteiger charge is 2.43. The Bertz CT molecular complexity index is 1590. The lowest BCUT2D eigenvalue weighted by atomic mass is 10.0. The number of aromatic nitrogens is 4. The first kappa shape index (κ1) is 29.6. The number of ether oxygens (including phenoxy) is 1. The summed E-state index contributed by atoms with van der Waals surface area (Å²) in [6, 6.07) is 9.81. The first-order valence-corrected chi connectivity index (χ1v) is 16.8. The van der Waals surface area contributed by atoms with Crippen LogP contribution in [0.4, 0.5) is 8.78 Å². The van der Waals surface area contributed by atoms with Crippen LogP contribution in [-0.2, 0) is 10.0 Å². The molecule has 41 heavy (non-hydrogen) atoms. The van der Waals surface area contributed by atoms with Crippen LogP contribution in [0.25, 0.3) is 22.2 Å². The minimum atomic E-state index is -3.01. The number of alkyl halides is 2. The van der Waals surface area contributed by atoms with Crippen molar-refractivity contribution in [1.29, 1.82) is 0 Å². The summed E-state index contributed by atoms with van der Waals surface area (Å²) in [4.78, 5) is 14.0. The molecule has 0 bridgehead atoms. The van der Waals surface area contributed by atoms with Gasteiger partial charge in [0.15, 0.2) is 14.1 Å². The standard InChI is InChI=1S/C30H35ClF2N4O3Si/c1-29(2,3)41(6,7)40-30(4,5)27-34-15-18(16-35-27)17-11-12-20-21(13-17)37-22(14-23(38)26(37)36-20)25-19(31)9-8-10-24(25)39-28(32)33/h8-13,15-16,22-23,28,38H,14H2,1-7H3/t22-,23-/m1/s1. The third-order valence-electron chi connectivity index (χ3n) is 8.18. The molecule has 2 aromatic carbocycles. The number of aliphatic hydroxyl groups is 1. The van der Waals surface area contributed by atoms with Crippen LogP contribution in [0.1, 0.15) is 70.4 Å². The van der Waals surface area contributed by atoms with E-state index >= 15 is 0 Å². The molecule has 0 radical (unpaired) electrons. The van der Waals surface area contributed by atoms with Gasteiger partial charge in [-0.2, -0.15) is 8.78 Å². The first-order valence-electron chi connectivity index (χ1n) is 13.6. The first-order chi connectivity index (χ1) is 19.1. The molecule has 218 valence electrons. The van der Waals surface area contributed by atoms with Gasteiger partial charge in [-0.3, -0.25) is 0 Å². The zero-order valence-corrected chi connectivity index (χ0v) is 26.0. The number of aliphatic hydroxyl groups excluding tert-OH is 1. The van der Waals surface area contributed by atoms with Crippen LogP contribution >= 0.6 is 11.6 Å². The van der Waals surface area contributed by atoms with E-state index in [0.717, 1.165) is 16.6 Å². The van der Waals surface area contributed by atoms with Gasteiger partial charge in [0, 0.05) is 35.0 Å². The predicted molar refractivity (Wildman–Crippen MR) is 158 cm³/mol. The van der Waals surface area contributed by atoms with E-state index < -0.39 is 32.7 Å². The van der Waals surface area contributed by atoms with Crippen LogP contribution in [0.5, 0.6) is 5.75 Å². The number of hydrogen-bond donors (Lipinski definition) is 1. The minimum Gasteiger partial charge on any atom is -0.434 e. The topological polar surface area (TPSA) is 82.3 Å². The molecule has 0 aliphatic carbocycles. The van der Waals surface area contributed by atoms with Crippen LogP contribution in [0.3, 0.4) is 0 Å². The van der Waals surface area contributed by atoms with Crippen molar-refractivity contribution in [3.63, 3.8) is 0 Å². The van der Waals surface area contributed by atoms with Crippen molar-refractivity contribution < 1.29 is 23.1 Å². The van der Waals surface area contributed by atoms with Gasteiger partial charge in [-0.1, -0.05) is 44.5 Å². The average molecular weight is 601 g/mol. The minimum absolute atomic E-state index is 0.0259. The third-order valence-corrected chi connectivity index (χ3v) is 13.1. The Kier molecular flexibility index (Phi) is 7.51. The molecule has 0 saturated heterocycles. The number of benzene rings is 2. The molecule has 2 atom stereocenters. The lowest BCUT2D eigenvalue weighted by molar-refractivity contribution is -0.0507. The Hall–Kier alpha value is -2.92. The second-order valence-electron chi connectivity index (χ2n) is 12.5. The third kappa shape index (κ3) is 5.50. The molecule has 0 saturated carbocycles. The van der Waals surface area contributed by atoms with E-state index in [1.807, 2.05) is 36.6 Å². The summed E-state index contributed by atoms with van der Waals surface area (Å²) in [7, 11) is -2.06. The van der Waals surface area contributed by atoms with Gasteiger partial charge >= 0.3 is 6.61 Å². The van der Waals surface area contributed by atoms with Gasteiger partial charge in [0.2, 0.25) is 0 Å². The summed E-state index contributed by atoms with van der Waals surface area (Å²) in [5, 5.41) is 11.2. The highest BCUT2D eigenvalue weighted by Crippen LogP contribution is 2.47. The number of halogens is 3. The summed E-state index contributed by atoms with van der Waals surface area (Å²) in [5.74, 6) is 1.02. The largest absolute Gasteiger partial charge is 0.434 e. The van der Waals surface area contributed by atoms with Crippen molar-refractivity contribution >= 4 is 31.0 Å². The maximum Gasteiger partial charge on any atom is 0.387 e. The molecule has 11 heteroatoms. The van der Waals surface area contributed by atoms with Crippen LogP contribution in [0.2, 0.25) is 23.2 Å². The summed E-state index contributed by atoms with van der Waals surface area (Å²) in [6.45, 7) is 12.0. The van der Waals surface area contributed by atoms with Crippen molar-refractivity contribution in [2.45, 2.75) is 83.5 Å². The van der Waals surface area contributed by atoms with Crippen molar-refractivity contribution in [3.05, 3.63) is 71.0 Å². The number of hydrogen-bond acceptors (Lipinski definition) is 6. The second-order valence-corrected chi connectivity index (χ2v) is 17.6. The fraction of sp³-hybridized carbons (Fsp3) is 0.433. The SMILES string of the molecule is CC(C)(O[Si](C)(C)C(C)(C)C)c1ncc(-c2ccc3nc4n(c3c2)[C@@H](c2c(Cl)cccc2OC(F)F)C[C@H]4O)cn1. The summed E-state index contributed by atoms with van der Waals surface area (Å²) in [5.41, 5.74) is 2.76. The quantitative estimate of drug-likeness (QED) is 0.216. The highest BCUT2D eigenvalue weighted by molar-refractivity contribution is 6.74. The van der Waals surface area contributed by atoms with Crippen LogP contribution in [0.15, 0.2) is 48.8 Å².